The van der Waals surface area contributed by atoms with Crippen LogP contribution in [0.1, 0.15) is 38.2 Å². The predicted molar refractivity (Wildman–Crippen MR) is 95.6 cm³/mol. The number of rotatable bonds is 6. The maximum atomic E-state index is 13.9. The lowest BCUT2D eigenvalue weighted by Crippen LogP contribution is -2.25. The first-order valence-corrected chi connectivity index (χ1v) is 8.74. The van der Waals surface area contributed by atoms with Crippen molar-refractivity contribution in [2.45, 2.75) is 38.7 Å². The molecule has 0 bridgehead atoms. The number of hydrogen-bond donors (Lipinski definition) is 0. The Kier molecular flexibility index (Phi) is 5.49. The van der Waals surface area contributed by atoms with E-state index in [9.17, 15) is 13.6 Å². The lowest BCUT2D eigenvalue weighted by molar-refractivity contribution is -0.117. The molecule has 26 heavy (non-hydrogen) atoms. The fraction of sp³-hybridized carbons (Fsp3) is 0.400. The number of pyridine rings is 1. The van der Waals surface area contributed by atoms with Crippen molar-refractivity contribution in [2.75, 3.05) is 18.0 Å². The van der Waals surface area contributed by atoms with Gasteiger partial charge in [-0.25, -0.2) is 9.37 Å². The molecule has 3 rings (SSSR count). The second kappa shape index (κ2) is 7.81. The van der Waals surface area contributed by atoms with Crippen LogP contribution < -0.4 is 9.64 Å². The zero-order valence-corrected chi connectivity index (χ0v) is 14.9. The molecule has 1 aromatic carbocycles. The van der Waals surface area contributed by atoms with E-state index in [0.717, 1.165) is 30.0 Å². The van der Waals surface area contributed by atoms with Crippen molar-refractivity contribution in [3.05, 3.63) is 53.9 Å². The summed E-state index contributed by atoms with van der Waals surface area (Å²) < 4.78 is 33.1. The lowest BCUT2D eigenvalue weighted by atomic mass is 9.96. The number of halogens is 2. The van der Waals surface area contributed by atoms with Gasteiger partial charge in [0.25, 0.3) is 0 Å². The van der Waals surface area contributed by atoms with E-state index in [1.807, 2.05) is 31.2 Å². The molecule has 0 aliphatic carbocycles. The molecule has 6 heteroatoms. The van der Waals surface area contributed by atoms with Gasteiger partial charge in [0.2, 0.25) is 5.95 Å². The summed E-state index contributed by atoms with van der Waals surface area (Å²) in [7, 11) is 0. The smallest absolute Gasteiger partial charge is 0.215 e. The highest BCUT2D eigenvalue weighted by Gasteiger charge is 2.26. The third kappa shape index (κ3) is 4.36. The molecular formula is C20H22F2N2O2. The number of carbonyl (C=O) groups is 1. The predicted octanol–water partition coefficient (Wildman–Crippen LogP) is 4.10. The number of aromatic nitrogens is 1. The van der Waals surface area contributed by atoms with Crippen LogP contribution in [0.3, 0.4) is 0 Å². The first kappa shape index (κ1) is 18.3. The molecule has 2 atom stereocenters. The number of nitrogens with zero attached hydrogens (tertiary/aromatic N) is 2. The number of ketones is 1. The number of Topliss-reactive ketones (excluding diaryl/α,β-unsaturated/α-hetero) is 1. The molecule has 2 heterocycles. The minimum Gasteiger partial charge on any atom is -0.489 e. The van der Waals surface area contributed by atoms with Crippen LogP contribution in [0.25, 0.3) is 0 Å². The third-order valence-electron chi connectivity index (χ3n) is 4.63. The van der Waals surface area contributed by atoms with E-state index >= 15 is 0 Å². The third-order valence-corrected chi connectivity index (χ3v) is 4.63. The van der Waals surface area contributed by atoms with Crippen LogP contribution >= 0.6 is 0 Å². The minimum absolute atomic E-state index is 0.0916. The van der Waals surface area contributed by atoms with Gasteiger partial charge in [-0.15, -0.1) is 0 Å². The van der Waals surface area contributed by atoms with Gasteiger partial charge in [0.1, 0.15) is 17.6 Å². The van der Waals surface area contributed by atoms with Gasteiger partial charge in [0.05, 0.1) is 18.4 Å². The Morgan fingerprint density at radius 3 is 2.77 bits per heavy atom. The van der Waals surface area contributed by atoms with Crippen molar-refractivity contribution in [1.29, 1.82) is 0 Å². The summed E-state index contributed by atoms with van der Waals surface area (Å²) in [5.74, 6) is -0.148. The van der Waals surface area contributed by atoms with Crippen LogP contribution in [-0.2, 0) is 4.79 Å². The maximum Gasteiger partial charge on any atom is 0.215 e. The Morgan fingerprint density at radius 2 is 2.08 bits per heavy atom. The maximum absolute atomic E-state index is 13.9. The SMILES string of the molecule is CC(=O)C[C@@H](C)c1ccc(O[C@@H]2CCN(c3cc(F)ncc3F)C2)cc1. The van der Waals surface area contributed by atoms with Crippen molar-refractivity contribution < 1.29 is 18.3 Å². The Hall–Kier alpha value is -2.50. The van der Waals surface area contributed by atoms with Gasteiger partial charge in [-0.1, -0.05) is 19.1 Å². The van der Waals surface area contributed by atoms with Crippen molar-refractivity contribution in [3.63, 3.8) is 0 Å². The fourth-order valence-electron chi connectivity index (χ4n) is 3.31. The highest BCUT2D eigenvalue weighted by molar-refractivity contribution is 5.76. The number of carbonyl (C=O) groups excluding carboxylic acids is 1. The van der Waals surface area contributed by atoms with Crippen molar-refractivity contribution in [1.82, 2.24) is 4.98 Å². The molecular weight excluding hydrogens is 338 g/mol. The monoisotopic (exact) mass is 360 g/mol. The van der Waals surface area contributed by atoms with Gasteiger partial charge < -0.3 is 14.4 Å². The Balaban J connectivity index is 1.60. The molecule has 1 fully saturated rings. The van der Waals surface area contributed by atoms with E-state index in [1.54, 1.807) is 11.8 Å². The van der Waals surface area contributed by atoms with E-state index in [4.69, 9.17) is 4.74 Å². The Labute approximate surface area is 151 Å². The highest BCUT2D eigenvalue weighted by Crippen LogP contribution is 2.27. The van der Waals surface area contributed by atoms with Gasteiger partial charge >= 0.3 is 0 Å². The molecule has 0 unspecified atom stereocenters. The van der Waals surface area contributed by atoms with E-state index in [2.05, 4.69) is 4.98 Å². The average molecular weight is 360 g/mol. The second-order valence-electron chi connectivity index (χ2n) is 6.81. The molecule has 4 nitrogen and oxygen atoms in total. The van der Waals surface area contributed by atoms with E-state index in [-0.39, 0.29) is 23.5 Å². The van der Waals surface area contributed by atoms with Gasteiger partial charge in [-0.05, 0) is 30.5 Å². The first-order chi connectivity index (χ1) is 12.4. The average Bonchev–Trinajstić information content (AvgIpc) is 3.05. The quantitative estimate of drug-likeness (QED) is 0.728. The number of anilines is 1. The zero-order valence-electron chi connectivity index (χ0n) is 14.9. The summed E-state index contributed by atoms with van der Waals surface area (Å²) in [5, 5.41) is 0. The number of benzene rings is 1. The molecule has 1 saturated heterocycles. The summed E-state index contributed by atoms with van der Waals surface area (Å²) in [4.78, 5) is 16.3. The van der Waals surface area contributed by atoms with Crippen LogP contribution in [0.2, 0.25) is 0 Å². The van der Waals surface area contributed by atoms with Crippen LogP contribution in [0.5, 0.6) is 5.75 Å². The number of ether oxygens (including phenoxy) is 1. The molecule has 0 spiro atoms. The number of hydrogen-bond acceptors (Lipinski definition) is 4. The van der Waals surface area contributed by atoms with Crippen molar-refractivity contribution in [2.24, 2.45) is 0 Å². The Bertz CT molecular complexity index is 780. The summed E-state index contributed by atoms with van der Waals surface area (Å²) in [5.41, 5.74) is 1.31. The normalized spacial score (nSPS) is 18.0. The molecule has 2 aromatic rings. The second-order valence-corrected chi connectivity index (χ2v) is 6.81. The van der Waals surface area contributed by atoms with Crippen LogP contribution in [0.4, 0.5) is 14.5 Å². The summed E-state index contributed by atoms with van der Waals surface area (Å²) >= 11 is 0. The summed E-state index contributed by atoms with van der Waals surface area (Å²) in [6.07, 6.45) is 2.06. The molecule has 0 amide bonds. The molecule has 138 valence electrons. The van der Waals surface area contributed by atoms with E-state index in [0.29, 0.717) is 19.5 Å². The Morgan fingerprint density at radius 1 is 1.35 bits per heavy atom. The molecule has 1 aliphatic heterocycles. The van der Waals surface area contributed by atoms with Gasteiger partial charge in [-0.2, -0.15) is 4.39 Å². The van der Waals surface area contributed by atoms with E-state index < -0.39 is 11.8 Å². The minimum atomic E-state index is -0.693. The van der Waals surface area contributed by atoms with Gasteiger partial charge in [-0.3, -0.25) is 0 Å². The molecule has 1 aromatic heterocycles. The lowest BCUT2D eigenvalue weighted by Gasteiger charge is -2.19. The van der Waals surface area contributed by atoms with Crippen LogP contribution in [0, 0.1) is 11.8 Å². The van der Waals surface area contributed by atoms with E-state index in [1.165, 1.54) is 0 Å². The molecule has 0 saturated carbocycles. The van der Waals surface area contributed by atoms with Gasteiger partial charge in [0.15, 0.2) is 5.82 Å². The molecule has 0 N–H and O–H groups in total. The first-order valence-electron chi connectivity index (χ1n) is 8.74. The van der Waals surface area contributed by atoms with Crippen LogP contribution in [0.15, 0.2) is 36.5 Å². The topological polar surface area (TPSA) is 42.4 Å². The zero-order chi connectivity index (χ0) is 18.7. The molecule has 1 aliphatic rings. The van der Waals surface area contributed by atoms with Crippen molar-refractivity contribution in [3.8, 4) is 5.75 Å². The summed E-state index contributed by atoms with van der Waals surface area (Å²) in [6.45, 7) is 4.70. The molecule has 0 radical (unpaired) electrons. The van der Waals surface area contributed by atoms with Crippen LogP contribution in [-0.4, -0.2) is 30.0 Å². The summed E-state index contributed by atoms with van der Waals surface area (Å²) in [6, 6.07) is 8.83. The van der Waals surface area contributed by atoms with Gasteiger partial charge in [0, 0.05) is 25.5 Å². The standard InChI is InChI=1S/C20H22F2N2O2/c1-13(9-14(2)25)15-3-5-16(6-4-15)26-17-7-8-24(12-17)19-10-20(22)23-11-18(19)21/h3-6,10-11,13,17H,7-9,12H2,1-2H3/t13-,17-/m1/s1. The van der Waals surface area contributed by atoms with Crippen molar-refractivity contribution >= 4 is 11.5 Å². The fourth-order valence-corrected chi connectivity index (χ4v) is 3.31. The largest absolute Gasteiger partial charge is 0.489 e. The highest BCUT2D eigenvalue weighted by atomic mass is 19.1.